The summed E-state index contributed by atoms with van der Waals surface area (Å²) in [7, 11) is 1.60. The lowest BCUT2D eigenvalue weighted by atomic mass is 9.71. The van der Waals surface area contributed by atoms with Crippen molar-refractivity contribution >= 4 is 69.9 Å². The van der Waals surface area contributed by atoms with Gasteiger partial charge in [0.25, 0.3) is 5.91 Å². The van der Waals surface area contributed by atoms with E-state index >= 15 is 0 Å². The first-order valence-electron chi connectivity index (χ1n) is 16.0. The zero-order chi connectivity index (χ0) is 37.7. The number of carbonyl (C=O) groups excluding carboxylic acids is 2. The Morgan fingerprint density at radius 3 is 2.61 bits per heavy atom. The smallest absolute Gasteiger partial charge is 0.356 e. The number of amides is 2. The van der Waals surface area contributed by atoms with E-state index in [1.807, 2.05) is 12.5 Å². The minimum atomic E-state index is -4.53. The molecule has 1 aliphatic heterocycles. The van der Waals surface area contributed by atoms with Crippen LogP contribution >= 0.6 is 50.8 Å². The highest BCUT2D eigenvalue weighted by Crippen LogP contribution is 2.51. The summed E-state index contributed by atoms with van der Waals surface area (Å²) >= 11 is 0. The number of aliphatic hydroxyl groups is 1. The van der Waals surface area contributed by atoms with Gasteiger partial charge >= 0.3 is 7.60 Å². The lowest BCUT2D eigenvalue weighted by Gasteiger charge is -2.29. The third kappa shape index (κ3) is 18.2. The van der Waals surface area contributed by atoms with Crippen LogP contribution in [0, 0.1) is 11.7 Å². The molecular formula is C30H49BN3O12PS4. The Hall–Kier alpha value is -1.15. The SMILES string of the molecule is CSSC(COc1cccc(C(=O)NCCN)c1)OCCOCC(=O)NCC#CB[C@H]1C[C@@H](O[C@H](CO)SSC)C(COC(C)(C)P(=O)(O)O)O1. The average molecular weight is 814 g/mol. The molecule has 0 spiro atoms. The number of benzene rings is 1. The summed E-state index contributed by atoms with van der Waals surface area (Å²) in [4.78, 5) is 43.6. The van der Waals surface area contributed by atoms with Crippen LogP contribution in [0.2, 0.25) is 0 Å². The molecule has 7 N–H and O–H groups in total. The predicted octanol–water partition coefficient (Wildman–Crippen LogP) is 1.40. The maximum absolute atomic E-state index is 12.2. The van der Waals surface area contributed by atoms with Crippen molar-refractivity contribution in [1.82, 2.24) is 10.6 Å². The molecule has 1 fully saturated rings. The quantitative estimate of drug-likeness (QED) is 0.0205. The molecule has 51 heavy (non-hydrogen) atoms. The molecule has 288 valence electrons. The van der Waals surface area contributed by atoms with E-state index in [9.17, 15) is 29.0 Å². The highest BCUT2D eigenvalue weighted by atomic mass is 33.1. The zero-order valence-electron chi connectivity index (χ0n) is 29.1. The molecule has 0 aromatic heterocycles. The van der Waals surface area contributed by atoms with Crippen LogP contribution in [0.1, 0.15) is 30.6 Å². The van der Waals surface area contributed by atoms with E-state index in [-0.39, 0.29) is 69.4 Å². The van der Waals surface area contributed by atoms with Gasteiger partial charge in [-0.25, -0.2) is 0 Å². The van der Waals surface area contributed by atoms with Gasteiger partial charge in [-0.1, -0.05) is 55.2 Å². The Bertz CT molecular complexity index is 1310. The van der Waals surface area contributed by atoms with Gasteiger partial charge in [-0.3, -0.25) is 14.2 Å². The third-order valence-electron chi connectivity index (χ3n) is 6.97. The molecule has 1 saturated heterocycles. The van der Waals surface area contributed by atoms with E-state index < -0.39 is 30.6 Å². The third-order valence-corrected chi connectivity index (χ3v) is 12.3. The van der Waals surface area contributed by atoms with Crippen molar-refractivity contribution in [1.29, 1.82) is 0 Å². The minimum Gasteiger partial charge on any atom is -0.490 e. The number of hydrogen-bond acceptors (Lipinski definition) is 15. The number of nitrogens with two attached hydrogens (primary N) is 1. The first-order chi connectivity index (χ1) is 24.3. The fourth-order valence-electron chi connectivity index (χ4n) is 4.23. The van der Waals surface area contributed by atoms with Crippen molar-refractivity contribution in [3.05, 3.63) is 29.8 Å². The summed E-state index contributed by atoms with van der Waals surface area (Å²) in [5, 5.41) is 13.4. The molecule has 2 unspecified atom stereocenters. The fraction of sp³-hybridized carbons (Fsp3) is 0.667. The normalized spacial score (nSPS) is 18.7. The minimum absolute atomic E-state index is 0.102. The molecule has 1 aromatic rings. The largest absolute Gasteiger partial charge is 0.490 e. The zero-order valence-corrected chi connectivity index (χ0v) is 33.3. The highest BCUT2D eigenvalue weighted by molar-refractivity contribution is 8.76. The molecule has 5 atom stereocenters. The van der Waals surface area contributed by atoms with Gasteiger partial charge in [-0.15, -0.1) is 0 Å². The number of carbonyl (C=O) groups is 2. The average Bonchev–Trinajstić information content (AvgIpc) is 3.48. The molecular weight excluding hydrogens is 764 g/mol. The van der Waals surface area contributed by atoms with Crippen LogP contribution < -0.4 is 21.1 Å². The van der Waals surface area contributed by atoms with Crippen LogP contribution in [-0.4, -0.2) is 140 Å². The molecule has 0 saturated carbocycles. The van der Waals surface area contributed by atoms with Gasteiger partial charge in [0.1, 0.15) is 35.9 Å². The van der Waals surface area contributed by atoms with Crippen LogP contribution in [-0.2, 0) is 33.0 Å². The molecule has 1 heterocycles. The Kier molecular flexibility index (Phi) is 22.6. The number of hydrogen-bond donors (Lipinski definition) is 6. The van der Waals surface area contributed by atoms with Gasteiger partial charge in [0.15, 0.2) is 5.34 Å². The lowest BCUT2D eigenvalue weighted by Crippen LogP contribution is -2.36. The molecule has 2 amide bonds. The molecule has 2 rings (SSSR count). The number of aliphatic hydroxyl groups excluding tert-OH is 1. The highest BCUT2D eigenvalue weighted by Gasteiger charge is 2.43. The standard InChI is InChI=1S/C30H49BN3O12PS4/c1-30(2,47(38,39)40)44-18-24-23(46-27(17-35)50-48-3)16-25(45-24)31-9-6-11-33-26(36)19-41-13-14-42-28(51-49-4)20-43-22-8-5-7-21(15-22)29(37)34-12-10-32/h5,7-8,15,23-25,27-28,31,35H,10-14,16-20,32H2,1-4H3,(H,33,36)(H,34,37)(H2,38,39,40)/t23-,24?,25-,27+,28?/m1/s1. The van der Waals surface area contributed by atoms with Crippen LogP contribution in [0.15, 0.2) is 24.3 Å². The van der Waals surface area contributed by atoms with Crippen LogP contribution in [0.5, 0.6) is 5.75 Å². The first kappa shape index (κ1) is 46.0. The Morgan fingerprint density at radius 2 is 1.92 bits per heavy atom. The predicted molar refractivity (Wildman–Crippen MR) is 205 cm³/mol. The first-order valence-corrected chi connectivity index (χ1v) is 22.8. The molecule has 1 aromatic carbocycles. The second-order valence-corrected chi connectivity index (χ2v) is 18.6. The molecule has 0 aliphatic carbocycles. The Morgan fingerprint density at radius 1 is 1.18 bits per heavy atom. The summed E-state index contributed by atoms with van der Waals surface area (Å²) in [5.74, 6) is 5.84. The Balaban J connectivity index is 1.71. The van der Waals surface area contributed by atoms with Crippen molar-refractivity contribution in [2.24, 2.45) is 5.73 Å². The summed E-state index contributed by atoms with van der Waals surface area (Å²) in [6.45, 7) is 3.62. The Labute approximate surface area is 316 Å². The second kappa shape index (κ2) is 25.0. The monoisotopic (exact) mass is 813 g/mol. The second-order valence-electron chi connectivity index (χ2n) is 11.2. The molecule has 1 aliphatic rings. The maximum Gasteiger partial charge on any atom is 0.356 e. The van der Waals surface area contributed by atoms with E-state index in [0.717, 1.165) is 0 Å². The van der Waals surface area contributed by atoms with Crippen LogP contribution in [0.4, 0.5) is 0 Å². The van der Waals surface area contributed by atoms with Crippen molar-refractivity contribution in [2.75, 3.05) is 71.8 Å². The van der Waals surface area contributed by atoms with Crippen molar-refractivity contribution in [2.45, 2.75) is 54.7 Å². The summed E-state index contributed by atoms with van der Waals surface area (Å²) < 4.78 is 46.5. The maximum atomic E-state index is 12.2. The number of nitrogens with one attached hydrogen (secondary N) is 2. The van der Waals surface area contributed by atoms with Gasteiger partial charge < -0.3 is 59.7 Å². The summed E-state index contributed by atoms with van der Waals surface area (Å²) in [5.41, 5.74) is 5.09. The molecule has 15 nitrogen and oxygen atoms in total. The van der Waals surface area contributed by atoms with Crippen LogP contribution in [0.3, 0.4) is 0 Å². The van der Waals surface area contributed by atoms with E-state index in [4.69, 9.17) is 34.2 Å². The molecule has 0 bridgehead atoms. The van der Waals surface area contributed by atoms with Crippen LogP contribution in [0.25, 0.3) is 0 Å². The lowest BCUT2D eigenvalue weighted by molar-refractivity contribution is -0.126. The van der Waals surface area contributed by atoms with E-state index in [0.29, 0.717) is 38.1 Å². The van der Waals surface area contributed by atoms with Gasteiger partial charge in [0.05, 0.1) is 39.1 Å². The topological polar surface area (TPSA) is 217 Å². The van der Waals surface area contributed by atoms with Crippen molar-refractivity contribution < 1.29 is 57.5 Å². The summed E-state index contributed by atoms with van der Waals surface area (Å²) in [6.07, 6.45) is 3.12. The van der Waals surface area contributed by atoms with Crippen molar-refractivity contribution in [3.8, 4) is 17.5 Å². The number of ether oxygens (including phenoxy) is 6. The van der Waals surface area contributed by atoms with Gasteiger partial charge in [0, 0.05) is 24.7 Å². The van der Waals surface area contributed by atoms with E-state index in [1.54, 1.807) is 24.3 Å². The summed E-state index contributed by atoms with van der Waals surface area (Å²) in [6, 6.07) is 6.50. The van der Waals surface area contributed by atoms with Gasteiger partial charge in [-0.2, -0.15) is 5.82 Å². The number of rotatable bonds is 25. The molecule has 21 heteroatoms. The van der Waals surface area contributed by atoms with Gasteiger partial charge in [0.2, 0.25) is 13.2 Å². The van der Waals surface area contributed by atoms with E-state index in [1.165, 1.54) is 57.0 Å². The van der Waals surface area contributed by atoms with Gasteiger partial charge in [-0.05, 0) is 51.0 Å². The van der Waals surface area contributed by atoms with Crippen molar-refractivity contribution in [3.63, 3.8) is 0 Å². The van der Waals surface area contributed by atoms with E-state index in [2.05, 4.69) is 22.4 Å². The fourth-order valence-corrected chi connectivity index (χ4v) is 7.36. The molecule has 0 radical (unpaired) electrons.